The Morgan fingerprint density at radius 3 is 2.44 bits per heavy atom. The number of sulfonamides is 1. The van der Waals surface area contributed by atoms with E-state index >= 15 is 0 Å². The average Bonchev–Trinajstić information content (AvgIpc) is 2.61. The lowest BCUT2D eigenvalue weighted by Gasteiger charge is -2.23. The number of nitrogens with two attached hydrogens (primary N) is 1. The van der Waals surface area contributed by atoms with Gasteiger partial charge in [0, 0.05) is 12.6 Å². The van der Waals surface area contributed by atoms with Gasteiger partial charge < -0.3 is 5.73 Å². The van der Waals surface area contributed by atoms with Gasteiger partial charge in [-0.25, -0.2) is 8.42 Å². The van der Waals surface area contributed by atoms with Crippen LogP contribution in [0.5, 0.6) is 0 Å². The number of hydrogen-bond acceptors (Lipinski definition) is 6. The van der Waals surface area contributed by atoms with Crippen LogP contribution in [0.2, 0.25) is 0 Å². The zero-order valence-electron chi connectivity index (χ0n) is 9.54. The van der Waals surface area contributed by atoms with Crippen LogP contribution in [0.3, 0.4) is 0 Å². The molecule has 0 saturated carbocycles. The van der Waals surface area contributed by atoms with Crippen LogP contribution in [-0.2, 0) is 10.0 Å². The minimum Gasteiger partial charge on any atom is -0.374 e. The van der Waals surface area contributed by atoms with Gasteiger partial charge in [0.1, 0.15) is 0 Å². The summed E-state index contributed by atoms with van der Waals surface area (Å²) >= 11 is 0.892. The summed E-state index contributed by atoms with van der Waals surface area (Å²) in [6.45, 7) is 6.06. The number of anilines is 1. The summed E-state index contributed by atoms with van der Waals surface area (Å²) in [7, 11) is -3.54. The normalized spacial score (nSPS) is 12.6. The van der Waals surface area contributed by atoms with Gasteiger partial charge >= 0.3 is 0 Å². The standard InChI is InChI=1S/C8H16N4O2S2/c1-4-5-12(6(2)3)16(13,14)8-11-10-7(9)15-8/h6H,4-5H2,1-3H3,(H2,9,10). The Labute approximate surface area is 99.5 Å². The molecule has 6 nitrogen and oxygen atoms in total. The summed E-state index contributed by atoms with van der Waals surface area (Å²) in [6, 6.07) is -0.102. The maximum Gasteiger partial charge on any atom is 0.272 e. The lowest BCUT2D eigenvalue weighted by atomic mass is 10.4. The van der Waals surface area contributed by atoms with E-state index < -0.39 is 10.0 Å². The largest absolute Gasteiger partial charge is 0.374 e. The molecule has 0 fully saturated rings. The Balaban J connectivity index is 3.08. The zero-order chi connectivity index (χ0) is 12.3. The summed E-state index contributed by atoms with van der Waals surface area (Å²) in [5.41, 5.74) is 5.39. The van der Waals surface area contributed by atoms with E-state index in [1.54, 1.807) is 0 Å². The summed E-state index contributed by atoms with van der Waals surface area (Å²) in [4.78, 5) is 0. The maximum atomic E-state index is 12.2. The van der Waals surface area contributed by atoms with Crippen LogP contribution in [0.1, 0.15) is 27.2 Å². The highest BCUT2D eigenvalue weighted by molar-refractivity contribution is 7.91. The molecule has 2 N–H and O–H groups in total. The lowest BCUT2D eigenvalue weighted by Crippen LogP contribution is -2.37. The molecule has 1 aromatic heterocycles. The first-order chi connectivity index (χ1) is 7.39. The summed E-state index contributed by atoms with van der Waals surface area (Å²) in [6.07, 6.45) is 0.756. The van der Waals surface area contributed by atoms with Crippen molar-refractivity contribution in [2.45, 2.75) is 37.6 Å². The van der Waals surface area contributed by atoms with Crippen molar-refractivity contribution >= 4 is 26.5 Å². The molecule has 0 aliphatic heterocycles. The van der Waals surface area contributed by atoms with E-state index in [0.717, 1.165) is 17.8 Å². The number of hydrogen-bond donors (Lipinski definition) is 1. The molecule has 0 aromatic carbocycles. The van der Waals surface area contributed by atoms with Crippen molar-refractivity contribution in [2.75, 3.05) is 12.3 Å². The van der Waals surface area contributed by atoms with Gasteiger partial charge in [0.2, 0.25) is 9.47 Å². The van der Waals surface area contributed by atoms with E-state index in [2.05, 4.69) is 10.2 Å². The van der Waals surface area contributed by atoms with Crippen LogP contribution in [0.25, 0.3) is 0 Å². The van der Waals surface area contributed by atoms with Gasteiger partial charge in [-0.3, -0.25) is 0 Å². The summed E-state index contributed by atoms with van der Waals surface area (Å²) in [5.74, 6) is 0. The summed E-state index contributed by atoms with van der Waals surface area (Å²) in [5, 5.41) is 7.28. The molecule has 0 spiro atoms. The van der Waals surface area contributed by atoms with Crippen LogP contribution in [0, 0.1) is 0 Å². The fraction of sp³-hybridized carbons (Fsp3) is 0.750. The molecule has 0 saturated heterocycles. The predicted octanol–water partition coefficient (Wildman–Crippen LogP) is 0.929. The molecular formula is C8H16N4O2S2. The third-order valence-corrected chi connectivity index (χ3v) is 5.15. The number of aromatic nitrogens is 2. The molecule has 0 unspecified atom stereocenters. The van der Waals surface area contributed by atoms with Crippen molar-refractivity contribution in [1.82, 2.24) is 14.5 Å². The molecule has 0 aliphatic rings. The second-order valence-corrected chi connectivity index (χ2v) is 6.69. The minimum absolute atomic E-state index is 0.0350. The number of rotatable bonds is 5. The van der Waals surface area contributed by atoms with Crippen LogP contribution < -0.4 is 5.73 Å². The number of nitrogen functional groups attached to an aromatic ring is 1. The zero-order valence-corrected chi connectivity index (χ0v) is 11.2. The van der Waals surface area contributed by atoms with Crippen molar-refractivity contribution in [1.29, 1.82) is 0 Å². The fourth-order valence-electron chi connectivity index (χ4n) is 1.30. The van der Waals surface area contributed by atoms with Gasteiger partial charge in [0.25, 0.3) is 10.0 Å². The average molecular weight is 264 g/mol. The van der Waals surface area contributed by atoms with Gasteiger partial charge in [-0.1, -0.05) is 18.3 Å². The maximum absolute atomic E-state index is 12.2. The topological polar surface area (TPSA) is 89.2 Å². The highest BCUT2D eigenvalue weighted by Crippen LogP contribution is 2.22. The van der Waals surface area contributed by atoms with Gasteiger partial charge in [-0.2, -0.15) is 4.31 Å². The van der Waals surface area contributed by atoms with Crippen LogP contribution in [0.4, 0.5) is 5.13 Å². The van der Waals surface area contributed by atoms with Crippen molar-refractivity contribution in [2.24, 2.45) is 0 Å². The monoisotopic (exact) mass is 264 g/mol. The Hall–Kier alpha value is -0.730. The van der Waals surface area contributed by atoms with E-state index in [1.807, 2.05) is 20.8 Å². The fourth-order valence-corrected chi connectivity index (χ4v) is 3.93. The second-order valence-electron chi connectivity index (χ2n) is 3.62. The van der Waals surface area contributed by atoms with Crippen molar-refractivity contribution in [3.05, 3.63) is 0 Å². The van der Waals surface area contributed by atoms with Gasteiger partial charge in [-0.05, 0) is 20.3 Å². The molecule has 1 aromatic rings. The summed E-state index contributed by atoms with van der Waals surface area (Å²) < 4.78 is 25.7. The van der Waals surface area contributed by atoms with Crippen molar-refractivity contribution < 1.29 is 8.42 Å². The van der Waals surface area contributed by atoms with E-state index in [4.69, 9.17) is 5.73 Å². The van der Waals surface area contributed by atoms with Gasteiger partial charge in [0.15, 0.2) is 0 Å². The first kappa shape index (κ1) is 13.3. The van der Waals surface area contributed by atoms with E-state index in [9.17, 15) is 8.42 Å². The Kier molecular flexibility index (Phi) is 4.22. The van der Waals surface area contributed by atoms with Crippen LogP contribution in [0.15, 0.2) is 4.34 Å². The lowest BCUT2D eigenvalue weighted by molar-refractivity contribution is 0.353. The molecule has 0 bridgehead atoms. The number of nitrogens with zero attached hydrogens (tertiary/aromatic N) is 3. The molecule has 0 atom stereocenters. The molecule has 92 valence electrons. The molecule has 0 aliphatic carbocycles. The SMILES string of the molecule is CCCN(C(C)C)S(=O)(=O)c1nnc(N)s1. The Morgan fingerprint density at radius 1 is 1.44 bits per heavy atom. The molecule has 8 heteroatoms. The van der Waals surface area contributed by atoms with Gasteiger partial charge in [0.05, 0.1) is 0 Å². The first-order valence-corrected chi connectivity index (χ1v) is 7.26. The van der Waals surface area contributed by atoms with E-state index in [0.29, 0.717) is 6.54 Å². The molecular weight excluding hydrogens is 248 g/mol. The Morgan fingerprint density at radius 2 is 2.06 bits per heavy atom. The minimum atomic E-state index is -3.54. The second kappa shape index (κ2) is 5.07. The predicted molar refractivity (Wildman–Crippen MR) is 63.6 cm³/mol. The first-order valence-electron chi connectivity index (χ1n) is 5.00. The molecule has 0 radical (unpaired) electrons. The van der Waals surface area contributed by atoms with E-state index in [-0.39, 0.29) is 15.5 Å². The third-order valence-electron chi connectivity index (χ3n) is 1.97. The molecule has 0 amide bonds. The highest BCUT2D eigenvalue weighted by Gasteiger charge is 2.29. The quantitative estimate of drug-likeness (QED) is 0.854. The third kappa shape index (κ3) is 2.69. The van der Waals surface area contributed by atoms with Crippen LogP contribution in [-0.4, -0.2) is 35.5 Å². The van der Waals surface area contributed by atoms with Gasteiger partial charge in [-0.15, -0.1) is 10.2 Å². The smallest absolute Gasteiger partial charge is 0.272 e. The van der Waals surface area contributed by atoms with Crippen molar-refractivity contribution in [3.8, 4) is 0 Å². The Bertz CT molecular complexity index is 441. The highest BCUT2D eigenvalue weighted by atomic mass is 32.2. The van der Waals surface area contributed by atoms with Crippen LogP contribution >= 0.6 is 11.3 Å². The molecule has 1 heterocycles. The van der Waals surface area contributed by atoms with Crippen molar-refractivity contribution in [3.63, 3.8) is 0 Å². The molecule has 16 heavy (non-hydrogen) atoms. The van der Waals surface area contributed by atoms with E-state index in [1.165, 1.54) is 4.31 Å². The molecule has 1 rings (SSSR count).